The van der Waals surface area contributed by atoms with E-state index in [0.717, 1.165) is 13.5 Å². The van der Waals surface area contributed by atoms with Gasteiger partial charge in [0.2, 0.25) is 0 Å². The minimum absolute atomic E-state index is 0.0171. The van der Waals surface area contributed by atoms with Crippen LogP contribution in [0.5, 0.6) is 0 Å². The molecule has 8 heteroatoms. The van der Waals surface area contributed by atoms with Crippen molar-refractivity contribution < 1.29 is 9.90 Å². The first-order valence-electron chi connectivity index (χ1n) is 6.09. The van der Waals surface area contributed by atoms with E-state index in [2.05, 4.69) is 21.0 Å². The molecule has 3 rings (SSSR count). The van der Waals surface area contributed by atoms with Crippen LogP contribution in [0.4, 0.5) is 0 Å². The average molecular weight is 467 g/mol. The van der Waals surface area contributed by atoms with E-state index in [9.17, 15) is 9.90 Å². The Bertz CT molecular complexity index is 845. The molecule has 0 unspecified atom stereocenters. The van der Waals surface area contributed by atoms with Gasteiger partial charge in [0, 0.05) is 0 Å². The summed E-state index contributed by atoms with van der Waals surface area (Å²) < 4.78 is 3.80. The molecule has 0 atom stereocenters. The second-order valence-electron chi connectivity index (χ2n) is 4.45. The number of aromatic nitrogens is 2. The molecular weight excluding hydrogens is 458 g/mol. The van der Waals surface area contributed by atoms with Crippen LogP contribution in [0, 0.1) is 0 Å². The maximum absolute atomic E-state index is 11.3. The number of carboxylic acid groups (broad SMARTS) is 1. The van der Waals surface area contributed by atoms with Crippen LogP contribution < -0.4 is 0 Å². The van der Waals surface area contributed by atoms with Gasteiger partial charge in [-0.05, 0) is 0 Å². The molecule has 1 aliphatic heterocycles. The number of hydrogen-bond donors (Lipinski definition) is 1. The Morgan fingerprint density at radius 2 is 2.05 bits per heavy atom. The summed E-state index contributed by atoms with van der Waals surface area (Å²) in [5, 5.41) is 14.3. The molecule has 0 aliphatic carbocycles. The quantitative estimate of drug-likeness (QED) is 0.703. The molecule has 0 saturated carbocycles. The van der Waals surface area contributed by atoms with Crippen LogP contribution in [0.3, 0.4) is 0 Å². The van der Waals surface area contributed by atoms with Crippen LogP contribution >= 0.6 is 39.1 Å². The van der Waals surface area contributed by atoms with Crippen LogP contribution in [-0.4, -0.2) is 35.8 Å². The number of hydrogen-bond acceptors (Lipinski definition) is 2. The molecule has 114 valence electrons. The van der Waals surface area contributed by atoms with Gasteiger partial charge in [0.1, 0.15) is 0 Å². The Kier molecular flexibility index (Phi) is 4.48. The number of aromatic carboxylic acids is 1. The van der Waals surface area contributed by atoms with E-state index in [0.29, 0.717) is 15.7 Å². The van der Waals surface area contributed by atoms with E-state index in [1.807, 2.05) is 12.2 Å². The second kappa shape index (κ2) is 6.22. The summed E-state index contributed by atoms with van der Waals surface area (Å²) in [6.45, 7) is 0. The van der Waals surface area contributed by atoms with Gasteiger partial charge in [-0.3, -0.25) is 0 Å². The zero-order valence-electron chi connectivity index (χ0n) is 10.8. The third kappa shape index (κ3) is 3.03. The van der Waals surface area contributed by atoms with Gasteiger partial charge in [0.15, 0.2) is 0 Å². The van der Waals surface area contributed by atoms with Gasteiger partial charge >= 0.3 is 151 Å². The molecule has 0 amide bonds. The monoisotopic (exact) mass is 466 g/mol. The number of carbonyl (C=O) groups is 1. The van der Waals surface area contributed by atoms with Crippen molar-refractivity contribution in [3.63, 3.8) is 0 Å². The third-order valence-corrected chi connectivity index (χ3v) is 7.13. The number of carboxylic acids is 1. The Hall–Kier alpha value is -1.04. The molecule has 1 aromatic carbocycles. The van der Waals surface area contributed by atoms with Crippen molar-refractivity contribution in [3.05, 3.63) is 61.2 Å². The first kappa shape index (κ1) is 15.8. The number of rotatable bonds is 3. The molecule has 2 heterocycles. The van der Waals surface area contributed by atoms with Crippen molar-refractivity contribution in [1.29, 1.82) is 0 Å². The Morgan fingerprint density at radius 3 is 2.64 bits per heavy atom. The summed E-state index contributed by atoms with van der Waals surface area (Å²) >= 11 is 15.1. The fourth-order valence-corrected chi connectivity index (χ4v) is 5.64. The van der Waals surface area contributed by atoms with Crippen molar-refractivity contribution in [1.82, 2.24) is 9.78 Å². The molecular formula is C14H9BrCl2N2O2Se. The normalized spacial score (nSPS) is 15.8. The standard InChI is InChI=1S/C14H9BrCl2N2O2Se/c15-13-4-3-12(22-13)11-6-9(14(20)21)18-19(11)10-2-1-7(16)5-8(10)17/h1-6H,22H2,(H,20,21). The predicted octanol–water partition coefficient (Wildman–Crippen LogP) is 3.64. The molecule has 0 bridgehead atoms. The first-order chi connectivity index (χ1) is 10.5. The Labute approximate surface area is 150 Å². The van der Waals surface area contributed by atoms with Gasteiger partial charge in [-0.25, -0.2) is 0 Å². The molecule has 22 heavy (non-hydrogen) atoms. The van der Waals surface area contributed by atoms with E-state index in [4.69, 9.17) is 23.2 Å². The van der Waals surface area contributed by atoms with Gasteiger partial charge in [-0.15, -0.1) is 0 Å². The number of halogens is 3. The van der Waals surface area contributed by atoms with Gasteiger partial charge in [0.25, 0.3) is 0 Å². The van der Waals surface area contributed by atoms with Crippen LogP contribution in [0.2, 0.25) is 10.0 Å². The Balaban J connectivity index is 2.15. The molecule has 1 aliphatic rings. The van der Waals surface area contributed by atoms with E-state index in [-0.39, 0.29) is 5.69 Å². The van der Waals surface area contributed by atoms with Gasteiger partial charge in [-0.2, -0.15) is 0 Å². The molecule has 0 spiro atoms. The molecule has 0 saturated heterocycles. The van der Waals surface area contributed by atoms with Gasteiger partial charge in [-0.1, -0.05) is 0 Å². The zero-order chi connectivity index (χ0) is 15.9. The topological polar surface area (TPSA) is 55.1 Å². The number of nitrogens with zero attached hydrogens (tertiary/aromatic N) is 2. The second-order valence-corrected chi connectivity index (χ2v) is 10.5. The van der Waals surface area contributed by atoms with Crippen molar-refractivity contribution in [3.8, 4) is 5.69 Å². The third-order valence-electron chi connectivity index (χ3n) is 2.99. The molecule has 1 N–H and O–H groups in total. The molecule has 2 aromatic rings. The molecule has 4 nitrogen and oxygen atoms in total. The minimum atomic E-state index is -1.07. The fraction of sp³-hybridized carbons (Fsp3) is 0. The maximum atomic E-state index is 11.3. The van der Waals surface area contributed by atoms with Gasteiger partial charge in [0.05, 0.1) is 0 Å². The predicted molar refractivity (Wildman–Crippen MR) is 94.1 cm³/mol. The molecule has 0 fully saturated rings. The van der Waals surface area contributed by atoms with Crippen molar-refractivity contribution in [2.75, 3.05) is 0 Å². The van der Waals surface area contributed by atoms with Crippen molar-refractivity contribution in [2.45, 2.75) is 0 Å². The van der Waals surface area contributed by atoms with Crippen LogP contribution in [-0.2, 0) is 0 Å². The Morgan fingerprint density at radius 1 is 1.27 bits per heavy atom. The zero-order valence-corrected chi connectivity index (χ0v) is 16.0. The van der Waals surface area contributed by atoms with Gasteiger partial charge < -0.3 is 0 Å². The SMILES string of the molecule is O=C(O)c1cc(C2=CC=C(Br)[SeH2]2)n(-c2ccc(Cl)cc2Cl)n1. The number of benzene rings is 1. The van der Waals surface area contributed by atoms with Crippen LogP contribution in [0.1, 0.15) is 16.2 Å². The molecule has 1 aromatic heterocycles. The van der Waals surface area contributed by atoms with E-state index in [1.54, 1.807) is 28.9 Å². The summed E-state index contributed by atoms with van der Waals surface area (Å²) in [7, 11) is 0. The first-order valence-corrected chi connectivity index (χ1v) is 9.74. The van der Waals surface area contributed by atoms with Crippen molar-refractivity contribution in [2.24, 2.45) is 0 Å². The average Bonchev–Trinajstić information content (AvgIpc) is 3.05. The van der Waals surface area contributed by atoms with Crippen LogP contribution in [0.25, 0.3) is 10.2 Å². The van der Waals surface area contributed by atoms with Crippen molar-refractivity contribution >= 4 is 64.5 Å². The fourth-order valence-electron chi connectivity index (χ4n) is 2.03. The summed E-state index contributed by atoms with van der Waals surface area (Å²) in [6.07, 6.45) is 3.96. The van der Waals surface area contributed by atoms with E-state index < -0.39 is 20.9 Å². The summed E-state index contributed by atoms with van der Waals surface area (Å²) in [4.78, 5) is 11.3. The summed E-state index contributed by atoms with van der Waals surface area (Å²) in [5.74, 6) is -1.07. The number of allylic oxidation sites excluding steroid dienone is 2. The summed E-state index contributed by atoms with van der Waals surface area (Å²) in [6, 6.07) is 6.60. The summed E-state index contributed by atoms with van der Waals surface area (Å²) in [5.41, 5.74) is 1.33. The van der Waals surface area contributed by atoms with Crippen LogP contribution in [0.15, 0.2) is 39.8 Å². The molecule has 0 radical (unpaired) electrons. The van der Waals surface area contributed by atoms with E-state index in [1.165, 1.54) is 0 Å². The van der Waals surface area contributed by atoms with E-state index >= 15 is 0 Å².